The lowest BCUT2D eigenvalue weighted by molar-refractivity contribution is -0.403. The van der Waals surface area contributed by atoms with Crippen LogP contribution in [0.5, 0.6) is 0 Å². The zero-order chi connectivity index (χ0) is 39.0. The molecule has 0 aliphatic rings. The molecule has 0 aliphatic heterocycles. The first-order valence-corrected chi connectivity index (χ1v) is 16.7. The fraction of sp³-hybridized carbons (Fsp3) is 0.417. The van der Waals surface area contributed by atoms with Crippen molar-refractivity contribution in [2.75, 3.05) is 10.6 Å². The van der Waals surface area contributed by atoms with E-state index >= 15 is 0 Å². The lowest BCUT2D eigenvalue weighted by atomic mass is 9.92. The van der Waals surface area contributed by atoms with Crippen molar-refractivity contribution in [3.63, 3.8) is 0 Å². The monoisotopic (exact) mass is 740 g/mol. The molecule has 0 spiro atoms. The fourth-order valence-electron chi connectivity index (χ4n) is 4.63. The van der Waals surface area contributed by atoms with Crippen LogP contribution in [0, 0.1) is 33.3 Å². The van der Waals surface area contributed by atoms with Crippen LogP contribution in [0.15, 0.2) is 60.6 Å². The summed E-state index contributed by atoms with van der Waals surface area (Å²) in [5.41, 5.74) is 1.27. The first-order valence-electron chi connectivity index (χ1n) is 16.4. The summed E-state index contributed by atoms with van der Waals surface area (Å²) in [7, 11) is 0. The second-order valence-electron chi connectivity index (χ2n) is 13.6. The number of hydrogen-bond acceptors (Lipinski definition) is 9. The van der Waals surface area contributed by atoms with Crippen LogP contribution in [0.2, 0.25) is 5.02 Å². The number of benzene rings is 2. The minimum atomic E-state index is -1.45. The highest BCUT2D eigenvalue weighted by Crippen LogP contribution is 2.19. The van der Waals surface area contributed by atoms with Gasteiger partial charge in [0.1, 0.15) is 18.1 Å². The van der Waals surface area contributed by atoms with Gasteiger partial charge in [0.2, 0.25) is 17.7 Å². The third kappa shape index (κ3) is 16.9. The van der Waals surface area contributed by atoms with Crippen molar-refractivity contribution in [2.45, 2.75) is 84.8 Å². The number of carbonyl (C=O) groups is 5. The van der Waals surface area contributed by atoms with Crippen LogP contribution in [0.1, 0.15) is 65.9 Å². The Morgan fingerprint density at radius 2 is 1.29 bits per heavy atom. The lowest BCUT2D eigenvalue weighted by Crippen LogP contribution is -2.52. The Labute approximate surface area is 307 Å². The van der Waals surface area contributed by atoms with E-state index in [9.17, 15) is 44.3 Å². The number of halogens is 1. The molecule has 280 valence electrons. The predicted molar refractivity (Wildman–Crippen MR) is 196 cm³/mol. The standard InChI is InChI=1S/C36H45ClN6O9/c1-22(2)18-29(33(46)42-28(35(49)50)9-7-6-8-27(34(47)48)40-32(45)20-36(3,4)5)41-31(44)19-23-10-14-25(15-11-23)38-30(21-43(51)52)39-26-16-12-24(37)13-17-26/h10-17,21-22,27-29,38-39H,8-9,18-20H2,1-5H3,(H,40,45)(H,41,44)(H,42,46)(H,47,48)(H,49,50)/b30-21+. The summed E-state index contributed by atoms with van der Waals surface area (Å²) in [6.45, 7) is 9.17. The van der Waals surface area contributed by atoms with E-state index in [-0.39, 0.29) is 49.3 Å². The number of nitrogens with one attached hydrogen (secondary N) is 5. The summed E-state index contributed by atoms with van der Waals surface area (Å²) in [5, 5.41) is 44.1. The van der Waals surface area contributed by atoms with Crippen LogP contribution < -0.4 is 26.6 Å². The second-order valence-corrected chi connectivity index (χ2v) is 14.0. The van der Waals surface area contributed by atoms with Gasteiger partial charge in [0.25, 0.3) is 6.20 Å². The van der Waals surface area contributed by atoms with Gasteiger partial charge in [0.05, 0.1) is 11.3 Å². The molecule has 16 heteroatoms. The lowest BCUT2D eigenvalue weighted by Gasteiger charge is -2.22. The van der Waals surface area contributed by atoms with Crippen molar-refractivity contribution in [3.8, 4) is 11.8 Å². The van der Waals surface area contributed by atoms with E-state index in [0.717, 1.165) is 6.20 Å². The molecule has 0 fully saturated rings. The van der Waals surface area contributed by atoms with Crippen molar-refractivity contribution < 1.29 is 39.1 Å². The summed E-state index contributed by atoms with van der Waals surface area (Å²) < 4.78 is 0. The number of aliphatic carboxylic acids is 2. The number of anilines is 2. The summed E-state index contributed by atoms with van der Waals surface area (Å²) in [6.07, 6.45) is 0.340. The average molecular weight is 741 g/mol. The van der Waals surface area contributed by atoms with Crippen molar-refractivity contribution >= 4 is 52.6 Å². The molecule has 7 N–H and O–H groups in total. The van der Waals surface area contributed by atoms with E-state index in [1.54, 1.807) is 48.5 Å². The van der Waals surface area contributed by atoms with Gasteiger partial charge in [0.15, 0.2) is 5.82 Å². The Morgan fingerprint density at radius 3 is 1.75 bits per heavy atom. The average Bonchev–Trinajstić information content (AvgIpc) is 3.01. The van der Waals surface area contributed by atoms with Gasteiger partial charge in [-0.15, -0.1) is 11.8 Å². The van der Waals surface area contributed by atoms with Gasteiger partial charge in [0, 0.05) is 35.7 Å². The van der Waals surface area contributed by atoms with Crippen molar-refractivity contribution in [2.24, 2.45) is 11.3 Å². The SMILES string of the molecule is CC(C)CC(NC(=O)Cc1ccc(N/C(=C\[N+](=O)[O-])Nc2ccc(Cl)cc2)cc1)C(=O)NC(CC#CCC(NC(=O)CC(C)(C)C)C(=O)O)C(=O)O. The Bertz CT molecular complexity index is 1680. The number of amides is 3. The molecular formula is C36H45ClN6O9. The van der Waals surface area contributed by atoms with Crippen LogP contribution in [0.25, 0.3) is 0 Å². The first-order chi connectivity index (χ1) is 24.3. The molecule has 0 bridgehead atoms. The normalized spacial score (nSPS) is 13.0. The third-order valence-electron chi connectivity index (χ3n) is 6.99. The number of carboxylic acid groups (broad SMARTS) is 2. The quantitative estimate of drug-likeness (QED) is 0.0645. The molecule has 0 saturated heterocycles. The predicted octanol–water partition coefficient (Wildman–Crippen LogP) is 4.37. The van der Waals surface area contributed by atoms with Gasteiger partial charge < -0.3 is 36.8 Å². The largest absolute Gasteiger partial charge is 0.480 e. The zero-order valence-corrected chi connectivity index (χ0v) is 30.4. The Balaban J connectivity index is 2.03. The third-order valence-corrected chi connectivity index (χ3v) is 7.24. The highest BCUT2D eigenvalue weighted by atomic mass is 35.5. The van der Waals surface area contributed by atoms with E-state index < -0.39 is 52.7 Å². The van der Waals surface area contributed by atoms with E-state index in [1.807, 2.05) is 34.6 Å². The van der Waals surface area contributed by atoms with Gasteiger partial charge in [-0.05, 0) is 59.7 Å². The van der Waals surface area contributed by atoms with Crippen molar-refractivity contribution in [1.82, 2.24) is 16.0 Å². The molecule has 2 rings (SSSR count). The molecular weight excluding hydrogens is 696 g/mol. The van der Waals surface area contributed by atoms with Gasteiger partial charge in [-0.1, -0.05) is 58.4 Å². The molecule has 3 unspecified atom stereocenters. The Hall–Kier alpha value is -5.62. The first kappa shape index (κ1) is 42.5. The van der Waals surface area contributed by atoms with Gasteiger partial charge in [-0.25, -0.2) is 9.59 Å². The van der Waals surface area contributed by atoms with E-state index in [4.69, 9.17) is 11.6 Å². The van der Waals surface area contributed by atoms with Crippen LogP contribution in [-0.4, -0.2) is 62.9 Å². The summed E-state index contributed by atoms with van der Waals surface area (Å²) in [5.74, 6) is 0.829. The number of nitrogens with zero attached hydrogens (tertiary/aromatic N) is 1. The molecule has 52 heavy (non-hydrogen) atoms. The number of hydrogen-bond donors (Lipinski definition) is 7. The maximum atomic E-state index is 13.2. The molecule has 3 amide bonds. The maximum absolute atomic E-state index is 13.2. The number of rotatable bonds is 18. The number of carbonyl (C=O) groups excluding carboxylic acids is 3. The fourth-order valence-corrected chi connectivity index (χ4v) is 4.76. The maximum Gasteiger partial charge on any atom is 0.327 e. The molecule has 0 aromatic heterocycles. The molecule has 0 saturated carbocycles. The summed E-state index contributed by atoms with van der Waals surface area (Å²) >= 11 is 5.91. The molecule has 0 aliphatic carbocycles. The van der Waals surface area contributed by atoms with Gasteiger partial charge >= 0.3 is 11.9 Å². The Morgan fingerprint density at radius 1 is 0.808 bits per heavy atom. The highest BCUT2D eigenvalue weighted by Gasteiger charge is 2.27. The van der Waals surface area contributed by atoms with Crippen LogP contribution >= 0.6 is 11.6 Å². The molecule has 2 aromatic rings. The molecule has 2 aromatic carbocycles. The molecule has 0 radical (unpaired) electrons. The van der Waals surface area contributed by atoms with E-state index in [0.29, 0.717) is 22.0 Å². The molecule has 3 atom stereocenters. The summed E-state index contributed by atoms with van der Waals surface area (Å²) in [6, 6.07) is 9.27. The minimum absolute atomic E-state index is 0.0474. The van der Waals surface area contributed by atoms with Crippen LogP contribution in [0.4, 0.5) is 11.4 Å². The topological polar surface area (TPSA) is 229 Å². The van der Waals surface area contributed by atoms with E-state index in [2.05, 4.69) is 38.4 Å². The second kappa shape index (κ2) is 20.3. The molecule has 0 heterocycles. The van der Waals surface area contributed by atoms with Crippen LogP contribution in [0.3, 0.4) is 0 Å². The highest BCUT2D eigenvalue weighted by molar-refractivity contribution is 6.30. The van der Waals surface area contributed by atoms with E-state index in [1.165, 1.54) is 0 Å². The van der Waals surface area contributed by atoms with Crippen molar-refractivity contribution in [3.05, 3.63) is 81.3 Å². The number of nitro groups is 1. The van der Waals surface area contributed by atoms with Gasteiger partial charge in [-0.2, -0.15) is 0 Å². The summed E-state index contributed by atoms with van der Waals surface area (Å²) in [4.78, 5) is 72.4. The van der Waals surface area contributed by atoms with Crippen LogP contribution in [-0.2, 0) is 30.4 Å². The Kier molecular flexibility index (Phi) is 16.6. The minimum Gasteiger partial charge on any atom is -0.480 e. The molecule has 15 nitrogen and oxygen atoms in total. The zero-order valence-electron chi connectivity index (χ0n) is 29.6. The van der Waals surface area contributed by atoms with Crippen molar-refractivity contribution in [1.29, 1.82) is 0 Å². The number of carboxylic acids is 2. The smallest absolute Gasteiger partial charge is 0.327 e. The van der Waals surface area contributed by atoms with Gasteiger partial charge in [-0.3, -0.25) is 24.5 Å².